The number of benzene rings is 1. The molecule has 112 valence electrons. The van der Waals surface area contributed by atoms with E-state index in [0.29, 0.717) is 0 Å². The zero-order chi connectivity index (χ0) is 16.0. The van der Waals surface area contributed by atoms with E-state index in [0.717, 1.165) is 0 Å². The van der Waals surface area contributed by atoms with Crippen molar-refractivity contribution >= 4 is 23.9 Å². The van der Waals surface area contributed by atoms with E-state index in [4.69, 9.17) is 10.8 Å². The van der Waals surface area contributed by atoms with Crippen LogP contribution in [0.1, 0.15) is 17.3 Å². The van der Waals surface area contributed by atoms with Gasteiger partial charge in [-0.3, -0.25) is 5.73 Å². The highest BCUT2D eigenvalue weighted by atomic mass is 16.6. The van der Waals surface area contributed by atoms with Gasteiger partial charge in [0.15, 0.2) is 0 Å². The van der Waals surface area contributed by atoms with Gasteiger partial charge in [-0.15, -0.1) is 0 Å². The first-order valence-electron chi connectivity index (χ1n) is 5.85. The van der Waals surface area contributed by atoms with Crippen molar-refractivity contribution in [2.75, 3.05) is 6.61 Å². The Morgan fingerprint density at radius 3 is 2.19 bits per heavy atom. The number of carbonyl (C=O) groups is 4. The van der Waals surface area contributed by atoms with Crippen molar-refractivity contribution in [3.8, 4) is 0 Å². The summed E-state index contributed by atoms with van der Waals surface area (Å²) in [6, 6.07) is 7.35. The second kappa shape index (κ2) is 6.62. The van der Waals surface area contributed by atoms with Crippen molar-refractivity contribution in [1.82, 2.24) is 0 Å². The minimum atomic E-state index is -3.10. The van der Waals surface area contributed by atoms with Crippen LogP contribution in [0.3, 0.4) is 0 Å². The fourth-order valence-electron chi connectivity index (χ4n) is 1.30. The lowest BCUT2D eigenvalue weighted by Gasteiger charge is -2.19. The van der Waals surface area contributed by atoms with Gasteiger partial charge in [-0.1, -0.05) is 18.2 Å². The second-order valence-corrected chi connectivity index (χ2v) is 3.88. The Labute approximate surface area is 119 Å². The van der Waals surface area contributed by atoms with E-state index < -0.39 is 29.4 Å². The average molecular weight is 295 g/mol. The molecular formula is C13H13NO7. The van der Waals surface area contributed by atoms with Crippen molar-refractivity contribution in [2.45, 2.75) is 12.5 Å². The van der Waals surface area contributed by atoms with Gasteiger partial charge in [0.2, 0.25) is 0 Å². The normalized spacial score (nSPS) is 12.9. The van der Waals surface area contributed by atoms with Crippen molar-refractivity contribution in [3.05, 3.63) is 35.9 Å². The van der Waals surface area contributed by atoms with Crippen molar-refractivity contribution in [3.63, 3.8) is 0 Å². The van der Waals surface area contributed by atoms with Crippen LogP contribution in [-0.2, 0) is 23.9 Å². The van der Waals surface area contributed by atoms with Crippen LogP contribution < -0.4 is 5.73 Å². The third-order valence-corrected chi connectivity index (χ3v) is 2.45. The van der Waals surface area contributed by atoms with E-state index in [2.05, 4.69) is 9.47 Å². The molecule has 1 rings (SSSR count). The summed E-state index contributed by atoms with van der Waals surface area (Å²) in [5.41, 5.74) is 2.14. The number of nitrogens with two attached hydrogens (primary N) is 1. The summed E-state index contributed by atoms with van der Waals surface area (Å²) in [5.74, 6) is -6.33. The van der Waals surface area contributed by atoms with Gasteiger partial charge in [0, 0.05) is 0 Å². The van der Waals surface area contributed by atoms with Gasteiger partial charge in [0.25, 0.3) is 0 Å². The Morgan fingerprint density at radius 2 is 1.71 bits per heavy atom. The van der Waals surface area contributed by atoms with Gasteiger partial charge in [-0.05, 0) is 19.1 Å². The summed E-state index contributed by atoms with van der Waals surface area (Å²) in [6.07, 6.45) is 0. The maximum absolute atomic E-state index is 11.8. The first kappa shape index (κ1) is 16.3. The van der Waals surface area contributed by atoms with Crippen LogP contribution in [0.5, 0.6) is 0 Å². The van der Waals surface area contributed by atoms with E-state index in [-0.39, 0.29) is 12.2 Å². The van der Waals surface area contributed by atoms with Gasteiger partial charge in [-0.2, -0.15) is 0 Å². The number of carbonyl (C=O) groups excluding carboxylic acids is 3. The number of esters is 3. The molecule has 0 bridgehead atoms. The minimum Gasteiger partial charge on any atom is -0.479 e. The van der Waals surface area contributed by atoms with Gasteiger partial charge in [0.05, 0.1) is 12.2 Å². The summed E-state index contributed by atoms with van der Waals surface area (Å²) >= 11 is 0. The number of ether oxygens (including phenoxy) is 2. The van der Waals surface area contributed by atoms with Crippen LogP contribution in [0.2, 0.25) is 0 Å². The third kappa shape index (κ3) is 3.42. The molecule has 0 aromatic heterocycles. The topological polar surface area (TPSA) is 133 Å². The van der Waals surface area contributed by atoms with E-state index in [1.807, 2.05) is 0 Å². The molecule has 0 heterocycles. The number of hydrogen-bond acceptors (Lipinski definition) is 7. The van der Waals surface area contributed by atoms with Crippen LogP contribution in [0.15, 0.2) is 30.3 Å². The lowest BCUT2D eigenvalue weighted by Crippen LogP contribution is -2.62. The van der Waals surface area contributed by atoms with Gasteiger partial charge in [0.1, 0.15) is 0 Å². The number of hydrogen-bond donors (Lipinski definition) is 2. The molecule has 0 saturated carbocycles. The molecule has 0 amide bonds. The predicted molar refractivity (Wildman–Crippen MR) is 68.1 cm³/mol. The summed E-state index contributed by atoms with van der Waals surface area (Å²) in [4.78, 5) is 46.0. The molecule has 21 heavy (non-hydrogen) atoms. The smallest absolute Gasteiger partial charge is 0.357 e. The highest BCUT2D eigenvalue weighted by Gasteiger charge is 2.54. The number of rotatable bonds is 5. The first-order valence-corrected chi connectivity index (χ1v) is 5.85. The highest BCUT2D eigenvalue weighted by Crippen LogP contribution is 2.10. The standard InChI is InChI=1S/C13H13NO7/c1-2-20-11(18)13(14,10(16)17)12(19)21-9(15)8-6-4-3-5-7-8/h3-7H,2,14H2,1H3,(H,16,17). The summed E-state index contributed by atoms with van der Waals surface area (Å²) in [6.45, 7) is 1.21. The average Bonchev–Trinajstić information content (AvgIpc) is 2.47. The van der Waals surface area contributed by atoms with Crippen LogP contribution >= 0.6 is 0 Å². The van der Waals surface area contributed by atoms with Crippen LogP contribution in [0.4, 0.5) is 0 Å². The molecule has 0 aliphatic carbocycles. The van der Waals surface area contributed by atoms with E-state index in [1.165, 1.54) is 31.2 Å². The largest absolute Gasteiger partial charge is 0.479 e. The highest BCUT2D eigenvalue weighted by molar-refractivity contribution is 6.24. The van der Waals surface area contributed by atoms with E-state index in [9.17, 15) is 19.2 Å². The molecule has 0 radical (unpaired) electrons. The fraction of sp³-hybridized carbons (Fsp3) is 0.231. The molecule has 8 heteroatoms. The first-order chi connectivity index (χ1) is 9.83. The summed E-state index contributed by atoms with van der Waals surface area (Å²) < 4.78 is 8.77. The van der Waals surface area contributed by atoms with Crippen LogP contribution in [0.25, 0.3) is 0 Å². The van der Waals surface area contributed by atoms with Gasteiger partial charge < -0.3 is 14.6 Å². The lowest BCUT2D eigenvalue weighted by molar-refractivity contribution is -0.169. The SMILES string of the molecule is CCOC(=O)C(N)(C(=O)O)C(=O)OC(=O)c1ccccc1. The van der Waals surface area contributed by atoms with E-state index in [1.54, 1.807) is 6.07 Å². The molecule has 1 atom stereocenters. The monoisotopic (exact) mass is 295 g/mol. The van der Waals surface area contributed by atoms with Crippen LogP contribution in [-0.4, -0.2) is 41.1 Å². The molecule has 8 nitrogen and oxygen atoms in total. The Kier molecular flexibility index (Phi) is 5.14. The summed E-state index contributed by atoms with van der Waals surface area (Å²) in [5, 5.41) is 8.95. The predicted octanol–water partition coefficient (Wildman–Crippen LogP) is -0.285. The molecule has 0 spiro atoms. The van der Waals surface area contributed by atoms with E-state index >= 15 is 0 Å². The third-order valence-electron chi connectivity index (χ3n) is 2.45. The molecular weight excluding hydrogens is 282 g/mol. The number of carboxylic acids is 1. The number of carboxylic acid groups (broad SMARTS) is 1. The molecule has 0 saturated heterocycles. The van der Waals surface area contributed by atoms with Crippen molar-refractivity contribution in [1.29, 1.82) is 0 Å². The quantitative estimate of drug-likeness (QED) is 0.559. The van der Waals surface area contributed by atoms with Crippen LogP contribution in [0, 0.1) is 0 Å². The molecule has 1 aromatic rings. The fourth-order valence-corrected chi connectivity index (χ4v) is 1.30. The molecule has 1 unspecified atom stereocenters. The minimum absolute atomic E-state index is 0.00227. The Balaban J connectivity index is 2.96. The summed E-state index contributed by atoms with van der Waals surface area (Å²) in [7, 11) is 0. The van der Waals surface area contributed by atoms with Gasteiger partial charge in [-0.25, -0.2) is 19.2 Å². The Morgan fingerprint density at radius 1 is 1.14 bits per heavy atom. The zero-order valence-corrected chi connectivity index (χ0v) is 11.1. The van der Waals surface area contributed by atoms with Crippen molar-refractivity contribution < 1.29 is 33.8 Å². The Hall–Kier alpha value is -2.74. The maximum atomic E-state index is 11.8. The number of aliphatic carboxylic acids is 1. The zero-order valence-electron chi connectivity index (χ0n) is 11.1. The molecule has 1 aromatic carbocycles. The lowest BCUT2D eigenvalue weighted by atomic mass is 10.0. The Bertz CT molecular complexity index is 569. The molecule has 0 fully saturated rings. The molecule has 0 aliphatic heterocycles. The van der Waals surface area contributed by atoms with Gasteiger partial charge >= 0.3 is 29.4 Å². The maximum Gasteiger partial charge on any atom is 0.357 e. The molecule has 3 N–H and O–H groups in total. The molecule has 0 aliphatic rings. The van der Waals surface area contributed by atoms with Crippen molar-refractivity contribution in [2.24, 2.45) is 5.73 Å². The second-order valence-electron chi connectivity index (χ2n) is 3.88.